The van der Waals surface area contributed by atoms with E-state index < -0.39 is 0 Å². The number of amides is 1. The Morgan fingerprint density at radius 3 is 2.45 bits per heavy atom. The highest BCUT2D eigenvalue weighted by atomic mass is 16.3. The van der Waals surface area contributed by atoms with Gasteiger partial charge in [0.2, 0.25) is 0 Å². The van der Waals surface area contributed by atoms with Gasteiger partial charge in [0.1, 0.15) is 5.75 Å². The Hall–Kier alpha value is -2.33. The molecular formula is C18H21NO3. The van der Waals surface area contributed by atoms with Crippen molar-refractivity contribution in [2.75, 3.05) is 13.2 Å². The zero-order chi connectivity index (χ0) is 16.1. The predicted octanol–water partition coefficient (Wildman–Crippen LogP) is 2.64. The van der Waals surface area contributed by atoms with E-state index in [1.54, 1.807) is 17.9 Å². The van der Waals surface area contributed by atoms with Gasteiger partial charge in [0, 0.05) is 13.1 Å². The molecule has 0 aliphatic carbocycles. The van der Waals surface area contributed by atoms with Crippen LogP contribution >= 0.6 is 0 Å². The van der Waals surface area contributed by atoms with Gasteiger partial charge in [-0.05, 0) is 36.6 Å². The maximum absolute atomic E-state index is 12.7. The van der Waals surface area contributed by atoms with Crippen molar-refractivity contribution in [3.8, 4) is 5.75 Å². The van der Waals surface area contributed by atoms with Crippen LogP contribution in [0.4, 0.5) is 0 Å². The summed E-state index contributed by atoms with van der Waals surface area (Å²) in [5.74, 6) is -0.270. The first kappa shape index (κ1) is 16.0. The molecule has 4 nitrogen and oxygen atoms in total. The van der Waals surface area contributed by atoms with Crippen molar-refractivity contribution in [2.24, 2.45) is 0 Å². The van der Waals surface area contributed by atoms with Crippen molar-refractivity contribution in [3.05, 3.63) is 64.7 Å². The fourth-order valence-electron chi connectivity index (χ4n) is 2.47. The van der Waals surface area contributed by atoms with Gasteiger partial charge >= 0.3 is 0 Å². The van der Waals surface area contributed by atoms with Gasteiger partial charge in [-0.2, -0.15) is 0 Å². The molecule has 2 aromatic rings. The number of hydrogen-bond donors (Lipinski definition) is 2. The molecule has 1 amide bonds. The molecule has 0 saturated heterocycles. The van der Waals surface area contributed by atoms with Crippen LogP contribution in [0.1, 0.15) is 27.0 Å². The summed E-state index contributed by atoms with van der Waals surface area (Å²) in [6, 6.07) is 13.1. The molecule has 0 radical (unpaired) electrons. The van der Waals surface area contributed by atoms with Crippen LogP contribution in [-0.2, 0) is 6.54 Å². The molecule has 0 bridgehead atoms. The third-order valence-corrected chi connectivity index (χ3v) is 3.55. The van der Waals surface area contributed by atoms with Crippen LogP contribution in [0.3, 0.4) is 0 Å². The van der Waals surface area contributed by atoms with E-state index in [4.69, 9.17) is 0 Å². The molecule has 116 valence electrons. The van der Waals surface area contributed by atoms with Gasteiger partial charge in [-0.1, -0.05) is 36.4 Å². The Morgan fingerprint density at radius 2 is 1.82 bits per heavy atom. The van der Waals surface area contributed by atoms with Gasteiger partial charge < -0.3 is 15.1 Å². The zero-order valence-electron chi connectivity index (χ0n) is 12.9. The fourth-order valence-corrected chi connectivity index (χ4v) is 2.47. The summed E-state index contributed by atoms with van der Waals surface area (Å²) in [4.78, 5) is 14.3. The van der Waals surface area contributed by atoms with E-state index in [0.717, 1.165) is 11.1 Å². The van der Waals surface area contributed by atoms with Crippen molar-refractivity contribution >= 4 is 5.91 Å². The Kier molecular flexibility index (Phi) is 5.17. The summed E-state index contributed by atoms with van der Waals surface area (Å²) >= 11 is 0. The van der Waals surface area contributed by atoms with Gasteiger partial charge in [0.15, 0.2) is 0 Å². The molecule has 2 rings (SSSR count). The van der Waals surface area contributed by atoms with Crippen molar-refractivity contribution in [1.29, 1.82) is 0 Å². The second-order valence-corrected chi connectivity index (χ2v) is 5.41. The number of aryl methyl sites for hydroxylation is 2. The Bertz CT molecular complexity index is 653. The number of phenols is 1. The number of aliphatic hydroxyl groups excluding tert-OH is 1. The molecule has 0 aliphatic rings. The van der Waals surface area contributed by atoms with Crippen LogP contribution < -0.4 is 0 Å². The lowest BCUT2D eigenvalue weighted by Crippen LogP contribution is -2.33. The summed E-state index contributed by atoms with van der Waals surface area (Å²) in [5, 5.41) is 19.4. The minimum atomic E-state index is -0.276. The van der Waals surface area contributed by atoms with E-state index in [9.17, 15) is 15.0 Å². The molecule has 0 aliphatic heterocycles. The molecule has 2 aromatic carbocycles. The number of hydrogen-bond acceptors (Lipinski definition) is 3. The lowest BCUT2D eigenvalue weighted by Gasteiger charge is -2.23. The number of rotatable bonds is 5. The quantitative estimate of drug-likeness (QED) is 0.892. The van der Waals surface area contributed by atoms with Crippen LogP contribution in [0.5, 0.6) is 5.75 Å². The number of aliphatic hydroxyl groups is 1. The maximum Gasteiger partial charge on any atom is 0.258 e. The number of benzene rings is 2. The molecular weight excluding hydrogens is 278 g/mol. The average Bonchev–Trinajstić information content (AvgIpc) is 2.51. The van der Waals surface area contributed by atoms with E-state index in [1.807, 2.05) is 43.3 Å². The minimum absolute atomic E-state index is 0.00611. The van der Waals surface area contributed by atoms with Gasteiger partial charge in [-0.15, -0.1) is 0 Å². The SMILES string of the molecule is Cc1cc(C)c(O)c(C(=O)N(CCO)Cc2ccccc2)c1. The second kappa shape index (κ2) is 7.09. The third kappa shape index (κ3) is 3.65. The molecule has 0 atom stereocenters. The van der Waals surface area contributed by atoms with Gasteiger partial charge in [-0.25, -0.2) is 0 Å². The summed E-state index contributed by atoms with van der Waals surface area (Å²) in [7, 11) is 0. The highest BCUT2D eigenvalue weighted by Gasteiger charge is 2.20. The fraction of sp³-hybridized carbons (Fsp3) is 0.278. The average molecular weight is 299 g/mol. The van der Waals surface area contributed by atoms with Crippen LogP contribution in [-0.4, -0.2) is 34.2 Å². The van der Waals surface area contributed by atoms with E-state index in [2.05, 4.69) is 0 Å². The van der Waals surface area contributed by atoms with Crippen molar-refractivity contribution in [2.45, 2.75) is 20.4 Å². The van der Waals surface area contributed by atoms with Gasteiger partial charge in [0.25, 0.3) is 5.91 Å². The molecule has 0 fully saturated rings. The molecule has 0 aromatic heterocycles. The predicted molar refractivity (Wildman–Crippen MR) is 85.8 cm³/mol. The van der Waals surface area contributed by atoms with Gasteiger partial charge in [-0.3, -0.25) is 4.79 Å². The topological polar surface area (TPSA) is 60.8 Å². The summed E-state index contributed by atoms with van der Waals surface area (Å²) in [5.41, 5.74) is 2.85. The Labute approximate surface area is 130 Å². The number of carbonyl (C=O) groups excluding carboxylic acids is 1. The Balaban J connectivity index is 2.30. The first-order chi connectivity index (χ1) is 10.5. The highest BCUT2D eigenvalue weighted by molar-refractivity contribution is 5.97. The molecule has 22 heavy (non-hydrogen) atoms. The highest BCUT2D eigenvalue weighted by Crippen LogP contribution is 2.25. The summed E-state index contributed by atoms with van der Waals surface area (Å²) < 4.78 is 0. The number of aromatic hydroxyl groups is 1. The van der Waals surface area contributed by atoms with Crippen molar-refractivity contribution in [3.63, 3.8) is 0 Å². The van der Waals surface area contributed by atoms with E-state index in [-0.39, 0.29) is 30.4 Å². The monoisotopic (exact) mass is 299 g/mol. The lowest BCUT2D eigenvalue weighted by atomic mass is 10.0. The zero-order valence-corrected chi connectivity index (χ0v) is 12.9. The summed E-state index contributed by atoms with van der Waals surface area (Å²) in [6.07, 6.45) is 0. The summed E-state index contributed by atoms with van der Waals surface area (Å²) in [6.45, 7) is 4.15. The standard InChI is InChI=1S/C18H21NO3/c1-13-10-14(2)17(21)16(11-13)18(22)19(8-9-20)12-15-6-4-3-5-7-15/h3-7,10-11,20-21H,8-9,12H2,1-2H3. The molecule has 0 heterocycles. The number of nitrogens with zero attached hydrogens (tertiary/aromatic N) is 1. The van der Waals surface area contributed by atoms with Gasteiger partial charge in [0.05, 0.1) is 12.2 Å². The molecule has 2 N–H and O–H groups in total. The number of phenolic OH excluding ortho intramolecular Hbond substituents is 1. The van der Waals surface area contributed by atoms with Crippen molar-refractivity contribution in [1.82, 2.24) is 4.90 Å². The Morgan fingerprint density at radius 1 is 1.14 bits per heavy atom. The van der Waals surface area contributed by atoms with Crippen LogP contribution in [0, 0.1) is 13.8 Å². The molecule has 0 unspecified atom stereocenters. The van der Waals surface area contributed by atoms with Crippen LogP contribution in [0.2, 0.25) is 0 Å². The molecule has 4 heteroatoms. The van der Waals surface area contributed by atoms with E-state index >= 15 is 0 Å². The molecule has 0 saturated carbocycles. The van der Waals surface area contributed by atoms with Crippen LogP contribution in [0.25, 0.3) is 0 Å². The first-order valence-electron chi connectivity index (χ1n) is 7.27. The smallest absolute Gasteiger partial charge is 0.258 e. The van der Waals surface area contributed by atoms with Crippen molar-refractivity contribution < 1.29 is 15.0 Å². The first-order valence-corrected chi connectivity index (χ1v) is 7.27. The normalized spacial score (nSPS) is 10.5. The maximum atomic E-state index is 12.7. The third-order valence-electron chi connectivity index (χ3n) is 3.55. The van der Waals surface area contributed by atoms with E-state index in [0.29, 0.717) is 12.1 Å². The molecule has 0 spiro atoms. The minimum Gasteiger partial charge on any atom is -0.507 e. The second-order valence-electron chi connectivity index (χ2n) is 5.41. The van der Waals surface area contributed by atoms with Crippen LogP contribution in [0.15, 0.2) is 42.5 Å². The number of carbonyl (C=O) groups is 1. The largest absolute Gasteiger partial charge is 0.507 e. The van der Waals surface area contributed by atoms with E-state index in [1.165, 1.54) is 0 Å². The lowest BCUT2D eigenvalue weighted by molar-refractivity contribution is 0.0704.